The Morgan fingerprint density at radius 1 is 1.21 bits per heavy atom. The number of fused-ring (bicyclic) bond motifs is 1. The molecule has 1 aromatic heterocycles. The zero-order valence-corrected chi connectivity index (χ0v) is 20.4. The first-order valence-electron chi connectivity index (χ1n) is 10.5. The summed E-state index contributed by atoms with van der Waals surface area (Å²) in [5.74, 6) is 1.90. The van der Waals surface area contributed by atoms with Crippen LogP contribution in [0, 0.1) is 0 Å². The molecule has 2 aromatic rings. The van der Waals surface area contributed by atoms with E-state index in [0.29, 0.717) is 6.54 Å². The molecule has 1 aliphatic heterocycles. The van der Waals surface area contributed by atoms with Crippen molar-refractivity contribution < 1.29 is 4.74 Å². The smallest absolute Gasteiger partial charge is 0.191 e. The summed E-state index contributed by atoms with van der Waals surface area (Å²) in [5, 5.41) is 11.5. The molecule has 6 nitrogen and oxygen atoms in total. The summed E-state index contributed by atoms with van der Waals surface area (Å²) in [6, 6.07) is 6.52. The summed E-state index contributed by atoms with van der Waals surface area (Å²) < 4.78 is 7.59. The van der Waals surface area contributed by atoms with Crippen LogP contribution in [-0.2, 0) is 39.3 Å². The topological polar surface area (TPSA) is 63.5 Å². The Bertz CT molecular complexity index is 831. The van der Waals surface area contributed by atoms with Gasteiger partial charge < -0.3 is 15.4 Å². The van der Waals surface area contributed by atoms with Crippen molar-refractivity contribution >= 4 is 29.9 Å². The molecule has 7 heteroatoms. The maximum atomic E-state index is 5.59. The minimum Gasteiger partial charge on any atom is -0.493 e. The highest BCUT2D eigenvalue weighted by Crippen LogP contribution is 2.25. The van der Waals surface area contributed by atoms with Crippen molar-refractivity contribution in [2.24, 2.45) is 12.0 Å². The molecule has 0 fully saturated rings. The van der Waals surface area contributed by atoms with Gasteiger partial charge >= 0.3 is 0 Å². The fraction of sp³-hybridized carbons (Fsp3) is 0.545. The van der Waals surface area contributed by atoms with Crippen LogP contribution in [0.2, 0.25) is 0 Å². The summed E-state index contributed by atoms with van der Waals surface area (Å²) in [5.41, 5.74) is 6.36. The third-order valence-corrected chi connectivity index (χ3v) is 5.23. The van der Waals surface area contributed by atoms with Crippen LogP contribution in [0.5, 0.6) is 5.75 Å². The van der Waals surface area contributed by atoms with Crippen molar-refractivity contribution in [1.82, 2.24) is 20.4 Å². The Balaban J connectivity index is 0.00000300. The van der Waals surface area contributed by atoms with Gasteiger partial charge in [-0.05, 0) is 43.4 Å². The first-order valence-corrected chi connectivity index (χ1v) is 10.5. The second-order valence-electron chi connectivity index (χ2n) is 7.12. The van der Waals surface area contributed by atoms with Crippen molar-refractivity contribution in [3.05, 3.63) is 46.3 Å². The molecule has 0 radical (unpaired) electrons. The first-order chi connectivity index (χ1) is 13.7. The lowest BCUT2D eigenvalue weighted by atomic mass is 10.1. The molecule has 2 N–H and O–H groups in total. The van der Waals surface area contributed by atoms with Gasteiger partial charge in [-0.1, -0.05) is 26.0 Å². The average Bonchev–Trinajstić information content (AvgIpc) is 3.28. The predicted octanol–water partition coefficient (Wildman–Crippen LogP) is 3.40. The molecular formula is C22H34IN5O. The highest BCUT2D eigenvalue weighted by atomic mass is 127. The minimum absolute atomic E-state index is 0. The number of aromatic nitrogens is 2. The van der Waals surface area contributed by atoms with E-state index in [1.165, 1.54) is 22.4 Å². The summed E-state index contributed by atoms with van der Waals surface area (Å²) >= 11 is 0. The Hall–Kier alpha value is -1.77. The number of rotatable bonds is 8. The van der Waals surface area contributed by atoms with Crippen molar-refractivity contribution in [2.75, 3.05) is 19.7 Å². The van der Waals surface area contributed by atoms with Crippen LogP contribution in [0.1, 0.15) is 48.8 Å². The molecule has 3 rings (SSSR count). The van der Waals surface area contributed by atoms with E-state index in [1.54, 1.807) is 0 Å². The Kier molecular flexibility index (Phi) is 9.26. The quantitative estimate of drug-likeness (QED) is 0.324. The maximum absolute atomic E-state index is 5.59. The van der Waals surface area contributed by atoms with E-state index in [2.05, 4.69) is 54.7 Å². The van der Waals surface area contributed by atoms with Gasteiger partial charge in [-0.25, -0.2) is 4.99 Å². The zero-order valence-electron chi connectivity index (χ0n) is 18.0. The van der Waals surface area contributed by atoms with Crippen LogP contribution in [-0.4, -0.2) is 35.4 Å². The van der Waals surface area contributed by atoms with Gasteiger partial charge in [0, 0.05) is 37.8 Å². The fourth-order valence-electron chi connectivity index (χ4n) is 3.79. The fourth-order valence-corrected chi connectivity index (χ4v) is 3.79. The highest BCUT2D eigenvalue weighted by molar-refractivity contribution is 14.0. The second-order valence-corrected chi connectivity index (χ2v) is 7.12. The van der Waals surface area contributed by atoms with Gasteiger partial charge in [0.25, 0.3) is 0 Å². The largest absolute Gasteiger partial charge is 0.493 e. The van der Waals surface area contributed by atoms with Gasteiger partial charge in [0.15, 0.2) is 5.96 Å². The van der Waals surface area contributed by atoms with E-state index in [0.717, 1.165) is 62.8 Å². The Morgan fingerprint density at radius 3 is 2.76 bits per heavy atom. The lowest BCUT2D eigenvalue weighted by Gasteiger charge is -2.12. The summed E-state index contributed by atoms with van der Waals surface area (Å²) in [7, 11) is 2.02. The molecule has 0 saturated carbocycles. The molecule has 0 aliphatic carbocycles. The molecule has 0 saturated heterocycles. The van der Waals surface area contributed by atoms with Crippen LogP contribution < -0.4 is 15.4 Å². The molecule has 0 spiro atoms. The minimum atomic E-state index is 0. The van der Waals surface area contributed by atoms with Gasteiger partial charge in [-0.2, -0.15) is 5.10 Å². The highest BCUT2D eigenvalue weighted by Gasteiger charge is 2.14. The maximum Gasteiger partial charge on any atom is 0.191 e. The van der Waals surface area contributed by atoms with Crippen molar-refractivity contribution in [3.63, 3.8) is 0 Å². The van der Waals surface area contributed by atoms with Crippen molar-refractivity contribution in [2.45, 2.75) is 53.0 Å². The number of halogens is 1. The second kappa shape index (κ2) is 11.4. The normalized spacial score (nSPS) is 12.9. The molecule has 29 heavy (non-hydrogen) atoms. The van der Waals surface area contributed by atoms with E-state index in [4.69, 9.17) is 9.73 Å². The average molecular weight is 511 g/mol. The van der Waals surface area contributed by atoms with Gasteiger partial charge in [-0.15, -0.1) is 24.0 Å². The molecule has 2 heterocycles. The van der Waals surface area contributed by atoms with Crippen LogP contribution in [0.4, 0.5) is 0 Å². The van der Waals surface area contributed by atoms with E-state index in [-0.39, 0.29) is 24.0 Å². The number of aliphatic imine (C=N–C) groups is 1. The summed E-state index contributed by atoms with van der Waals surface area (Å²) in [6.07, 6.45) is 3.89. The number of hydrogen-bond acceptors (Lipinski definition) is 3. The molecular weight excluding hydrogens is 477 g/mol. The van der Waals surface area contributed by atoms with E-state index in [1.807, 2.05) is 11.7 Å². The third kappa shape index (κ3) is 5.87. The molecule has 0 unspecified atom stereocenters. The number of hydrogen-bond donors (Lipinski definition) is 2. The van der Waals surface area contributed by atoms with Crippen LogP contribution in [0.25, 0.3) is 0 Å². The molecule has 160 valence electrons. The number of ether oxygens (including phenoxy) is 1. The van der Waals surface area contributed by atoms with Crippen LogP contribution in [0.3, 0.4) is 0 Å². The zero-order chi connectivity index (χ0) is 19.9. The summed E-state index contributed by atoms with van der Waals surface area (Å²) in [4.78, 5) is 4.82. The van der Waals surface area contributed by atoms with E-state index >= 15 is 0 Å². The van der Waals surface area contributed by atoms with Gasteiger partial charge in [-0.3, -0.25) is 4.68 Å². The van der Waals surface area contributed by atoms with E-state index in [9.17, 15) is 0 Å². The SMILES string of the molecule is CCNC(=NCc1c(CC)nn(C)c1CC)NCCc1ccc2c(c1)CCO2.I. The van der Waals surface area contributed by atoms with Crippen LogP contribution in [0.15, 0.2) is 23.2 Å². The summed E-state index contributed by atoms with van der Waals surface area (Å²) in [6.45, 7) is 9.58. The first kappa shape index (κ1) is 23.5. The third-order valence-electron chi connectivity index (χ3n) is 5.23. The number of benzene rings is 1. The lowest BCUT2D eigenvalue weighted by Crippen LogP contribution is -2.38. The Labute approximate surface area is 191 Å². The lowest BCUT2D eigenvalue weighted by molar-refractivity contribution is 0.357. The molecule has 1 aliphatic rings. The number of guanidine groups is 1. The van der Waals surface area contributed by atoms with E-state index < -0.39 is 0 Å². The van der Waals surface area contributed by atoms with Crippen LogP contribution >= 0.6 is 24.0 Å². The molecule has 0 bridgehead atoms. The molecule has 0 amide bonds. The molecule has 0 atom stereocenters. The molecule has 1 aromatic carbocycles. The van der Waals surface area contributed by atoms with Gasteiger partial charge in [0.05, 0.1) is 18.8 Å². The number of nitrogens with zero attached hydrogens (tertiary/aromatic N) is 3. The van der Waals surface area contributed by atoms with Crippen molar-refractivity contribution in [1.29, 1.82) is 0 Å². The monoisotopic (exact) mass is 511 g/mol. The van der Waals surface area contributed by atoms with Crippen molar-refractivity contribution in [3.8, 4) is 5.75 Å². The number of nitrogens with one attached hydrogen (secondary N) is 2. The Morgan fingerprint density at radius 2 is 2.03 bits per heavy atom. The predicted molar refractivity (Wildman–Crippen MR) is 130 cm³/mol. The van der Waals surface area contributed by atoms with Gasteiger partial charge in [0.1, 0.15) is 5.75 Å². The standard InChI is InChI=1S/C22H33N5O.HI/c1-5-19-18(20(6-2)27(4)26-19)15-25-22(23-7-3)24-12-10-16-8-9-21-17(14-16)11-13-28-21;/h8-9,14H,5-7,10-13,15H2,1-4H3,(H2,23,24,25);1H. The number of aryl methyl sites for hydroxylation is 2. The van der Waals surface area contributed by atoms with Gasteiger partial charge in [0.2, 0.25) is 0 Å².